The molecule has 0 atom stereocenters. The summed E-state index contributed by atoms with van der Waals surface area (Å²) < 4.78 is 1.56. The van der Waals surface area contributed by atoms with E-state index in [9.17, 15) is 14.9 Å². The number of amides is 1. The Morgan fingerprint density at radius 1 is 1.19 bits per heavy atom. The number of nitrogens with zero attached hydrogens (tertiary/aromatic N) is 3. The highest BCUT2D eigenvalue weighted by Gasteiger charge is 2.17. The van der Waals surface area contributed by atoms with Crippen molar-refractivity contribution in [2.75, 3.05) is 5.32 Å². The molecule has 0 saturated carbocycles. The molecule has 3 aromatic rings. The standard InChI is InChI=1S/C18H15ClN4O3/c1-11-6-7-13(9-16(11)23(25)26)18(24)20-17-8-12(2)21-22(17)15-5-3-4-14(19)10-15/h3-10H,1-2H3,(H,20,24). The van der Waals surface area contributed by atoms with Crippen LogP contribution in [0.2, 0.25) is 5.02 Å². The number of benzene rings is 2. The molecule has 2 aromatic carbocycles. The minimum atomic E-state index is -0.507. The van der Waals surface area contributed by atoms with Crippen LogP contribution in [-0.2, 0) is 0 Å². The first-order valence-corrected chi connectivity index (χ1v) is 8.12. The van der Waals surface area contributed by atoms with Crippen LogP contribution in [-0.4, -0.2) is 20.6 Å². The number of nitro benzene ring substituents is 1. The smallest absolute Gasteiger partial charge is 0.273 e. The second kappa shape index (κ2) is 6.97. The number of hydrogen-bond donors (Lipinski definition) is 1. The summed E-state index contributed by atoms with van der Waals surface area (Å²) in [5, 5.41) is 18.7. The van der Waals surface area contributed by atoms with Crippen molar-refractivity contribution in [3.05, 3.63) is 80.5 Å². The van der Waals surface area contributed by atoms with Crippen LogP contribution in [0.4, 0.5) is 11.5 Å². The number of anilines is 1. The van der Waals surface area contributed by atoms with Crippen LogP contribution in [0.3, 0.4) is 0 Å². The molecule has 0 bridgehead atoms. The Morgan fingerprint density at radius 3 is 2.65 bits per heavy atom. The van der Waals surface area contributed by atoms with Crippen LogP contribution in [0.15, 0.2) is 48.5 Å². The van der Waals surface area contributed by atoms with Gasteiger partial charge in [-0.1, -0.05) is 23.7 Å². The first kappa shape index (κ1) is 17.6. The SMILES string of the molecule is Cc1cc(NC(=O)c2ccc(C)c([N+](=O)[O-])c2)n(-c2cccc(Cl)c2)n1. The van der Waals surface area contributed by atoms with Crippen molar-refractivity contribution in [3.63, 3.8) is 0 Å². The first-order valence-electron chi connectivity index (χ1n) is 7.74. The highest BCUT2D eigenvalue weighted by Crippen LogP contribution is 2.23. The van der Waals surface area contributed by atoms with E-state index >= 15 is 0 Å². The van der Waals surface area contributed by atoms with Gasteiger partial charge in [0, 0.05) is 28.3 Å². The summed E-state index contributed by atoms with van der Waals surface area (Å²) in [6, 6.07) is 13.1. The van der Waals surface area contributed by atoms with Crippen molar-refractivity contribution >= 4 is 29.0 Å². The number of nitrogens with one attached hydrogen (secondary N) is 1. The van der Waals surface area contributed by atoms with E-state index in [-0.39, 0.29) is 11.3 Å². The normalized spacial score (nSPS) is 10.6. The maximum absolute atomic E-state index is 12.6. The van der Waals surface area contributed by atoms with Crippen LogP contribution in [0.1, 0.15) is 21.6 Å². The van der Waals surface area contributed by atoms with Crippen LogP contribution < -0.4 is 5.32 Å². The fourth-order valence-electron chi connectivity index (χ4n) is 2.53. The lowest BCUT2D eigenvalue weighted by Gasteiger charge is -2.09. The summed E-state index contributed by atoms with van der Waals surface area (Å²) >= 11 is 6.03. The molecule has 0 fully saturated rings. The van der Waals surface area contributed by atoms with E-state index in [1.54, 1.807) is 54.9 Å². The predicted octanol–water partition coefficient (Wildman–Crippen LogP) is 4.30. The third-order valence-electron chi connectivity index (χ3n) is 3.79. The third-order valence-corrected chi connectivity index (χ3v) is 4.03. The van der Waals surface area contributed by atoms with Crippen LogP contribution in [0.25, 0.3) is 5.69 Å². The summed E-state index contributed by atoms with van der Waals surface area (Å²) in [6.07, 6.45) is 0. The van der Waals surface area contributed by atoms with E-state index < -0.39 is 10.8 Å². The van der Waals surface area contributed by atoms with Crippen molar-refractivity contribution in [1.82, 2.24) is 9.78 Å². The fraction of sp³-hybridized carbons (Fsp3) is 0.111. The van der Waals surface area contributed by atoms with Gasteiger partial charge < -0.3 is 5.32 Å². The predicted molar refractivity (Wildman–Crippen MR) is 99.1 cm³/mol. The lowest BCUT2D eigenvalue weighted by Crippen LogP contribution is -2.15. The van der Waals surface area contributed by atoms with Gasteiger partial charge in [-0.15, -0.1) is 0 Å². The molecular formula is C18H15ClN4O3. The van der Waals surface area contributed by atoms with Crippen LogP contribution >= 0.6 is 11.6 Å². The first-order chi connectivity index (χ1) is 12.3. The van der Waals surface area contributed by atoms with E-state index in [1.165, 1.54) is 6.07 Å². The topological polar surface area (TPSA) is 90.1 Å². The largest absolute Gasteiger partial charge is 0.306 e. The van der Waals surface area contributed by atoms with E-state index in [0.717, 1.165) is 0 Å². The number of carbonyl (C=O) groups is 1. The van der Waals surface area contributed by atoms with Gasteiger partial charge >= 0.3 is 0 Å². The molecule has 3 rings (SSSR count). The number of rotatable bonds is 4. The zero-order chi connectivity index (χ0) is 18.8. The van der Waals surface area contributed by atoms with Crippen molar-refractivity contribution < 1.29 is 9.72 Å². The highest BCUT2D eigenvalue weighted by atomic mass is 35.5. The number of halogens is 1. The molecule has 1 N–H and O–H groups in total. The summed E-state index contributed by atoms with van der Waals surface area (Å²) in [7, 11) is 0. The van der Waals surface area contributed by atoms with Crippen molar-refractivity contribution in [3.8, 4) is 5.69 Å². The van der Waals surface area contributed by atoms with Gasteiger partial charge in [-0.3, -0.25) is 14.9 Å². The Hall–Kier alpha value is -3.19. The monoisotopic (exact) mass is 370 g/mol. The molecule has 0 unspecified atom stereocenters. The number of aromatic nitrogens is 2. The molecule has 0 aliphatic rings. The van der Waals surface area contributed by atoms with Crippen molar-refractivity contribution in [2.45, 2.75) is 13.8 Å². The Morgan fingerprint density at radius 2 is 1.96 bits per heavy atom. The maximum Gasteiger partial charge on any atom is 0.273 e. The molecule has 0 radical (unpaired) electrons. The molecule has 0 saturated heterocycles. The molecule has 0 aliphatic carbocycles. The van der Waals surface area contributed by atoms with Gasteiger partial charge in [0.15, 0.2) is 0 Å². The summed E-state index contributed by atoms with van der Waals surface area (Å²) in [5.74, 6) is -0.0192. The van der Waals surface area contributed by atoms with Crippen molar-refractivity contribution in [1.29, 1.82) is 0 Å². The Balaban J connectivity index is 1.94. The Kier molecular flexibility index (Phi) is 4.73. The lowest BCUT2D eigenvalue weighted by atomic mass is 10.1. The number of aryl methyl sites for hydroxylation is 2. The van der Waals surface area contributed by atoms with Crippen molar-refractivity contribution in [2.24, 2.45) is 0 Å². The van der Waals surface area contributed by atoms with E-state index in [0.29, 0.717) is 27.8 Å². The second-order valence-corrected chi connectivity index (χ2v) is 6.21. The van der Waals surface area contributed by atoms with Gasteiger partial charge in [0.25, 0.3) is 11.6 Å². The number of nitro groups is 1. The van der Waals surface area contributed by atoms with Gasteiger partial charge in [0.1, 0.15) is 5.82 Å². The molecule has 1 heterocycles. The zero-order valence-electron chi connectivity index (χ0n) is 14.1. The van der Waals surface area contributed by atoms with Crippen LogP contribution in [0.5, 0.6) is 0 Å². The van der Waals surface area contributed by atoms with E-state index in [1.807, 2.05) is 6.07 Å². The molecule has 1 aromatic heterocycles. The molecule has 8 heteroatoms. The van der Waals surface area contributed by atoms with Gasteiger partial charge in [0.05, 0.1) is 16.3 Å². The van der Waals surface area contributed by atoms with E-state index in [2.05, 4.69) is 10.4 Å². The average molecular weight is 371 g/mol. The van der Waals surface area contributed by atoms with Gasteiger partial charge in [-0.25, -0.2) is 4.68 Å². The molecule has 26 heavy (non-hydrogen) atoms. The van der Waals surface area contributed by atoms with Crippen LogP contribution in [0, 0.1) is 24.0 Å². The minimum Gasteiger partial charge on any atom is -0.306 e. The second-order valence-electron chi connectivity index (χ2n) is 5.78. The lowest BCUT2D eigenvalue weighted by molar-refractivity contribution is -0.385. The third kappa shape index (κ3) is 3.57. The Labute approximate surface area is 154 Å². The average Bonchev–Trinajstić information content (AvgIpc) is 2.95. The summed E-state index contributed by atoms with van der Waals surface area (Å²) in [4.78, 5) is 23.1. The number of carbonyl (C=O) groups excluding carboxylic acids is 1. The molecular weight excluding hydrogens is 356 g/mol. The minimum absolute atomic E-state index is 0.0998. The Bertz CT molecular complexity index is 1010. The van der Waals surface area contributed by atoms with Gasteiger partial charge in [-0.05, 0) is 38.1 Å². The maximum atomic E-state index is 12.6. The van der Waals surface area contributed by atoms with E-state index in [4.69, 9.17) is 11.6 Å². The summed E-state index contributed by atoms with van der Waals surface area (Å²) in [6.45, 7) is 3.42. The molecule has 1 amide bonds. The quantitative estimate of drug-likeness (QED) is 0.547. The number of hydrogen-bond acceptors (Lipinski definition) is 4. The molecule has 0 spiro atoms. The molecule has 0 aliphatic heterocycles. The fourth-order valence-corrected chi connectivity index (χ4v) is 2.71. The highest BCUT2D eigenvalue weighted by molar-refractivity contribution is 6.30. The van der Waals surface area contributed by atoms with Gasteiger partial charge in [-0.2, -0.15) is 5.10 Å². The van der Waals surface area contributed by atoms with Gasteiger partial charge in [0.2, 0.25) is 0 Å². The molecule has 132 valence electrons. The molecule has 7 nitrogen and oxygen atoms in total. The zero-order valence-corrected chi connectivity index (χ0v) is 14.8. The summed E-state index contributed by atoms with van der Waals surface area (Å²) in [5.41, 5.74) is 1.98.